The average molecular weight is 624 g/mol. The van der Waals surface area contributed by atoms with Crippen LogP contribution in [0.25, 0.3) is 27.7 Å². The molecule has 8 nitrogen and oxygen atoms in total. The summed E-state index contributed by atoms with van der Waals surface area (Å²) in [5.41, 5.74) is 4.64. The number of methoxy groups -OCH3 is 1. The number of fused-ring (bicyclic) bond motifs is 1. The molecular weight excluding hydrogens is 586 g/mol. The number of carbonyl (C=O) groups excluding carboxylic acids is 1. The monoisotopic (exact) mass is 623 g/mol. The van der Waals surface area contributed by atoms with Gasteiger partial charge in [-0.15, -0.1) is 0 Å². The summed E-state index contributed by atoms with van der Waals surface area (Å²) >= 11 is 0. The zero-order chi connectivity index (χ0) is 32.7. The Kier molecular flexibility index (Phi) is 8.53. The summed E-state index contributed by atoms with van der Waals surface area (Å²) in [6.07, 6.45) is 0. The summed E-state index contributed by atoms with van der Waals surface area (Å²) < 4.78 is 35.2. The predicted molar refractivity (Wildman–Crippen MR) is 177 cm³/mol. The first-order valence-corrected chi connectivity index (χ1v) is 16.1. The number of rotatable bonds is 7. The predicted octanol–water partition coefficient (Wildman–Crippen LogP) is 6.83. The zero-order valence-corrected chi connectivity index (χ0v) is 27.3. The fraction of sp³-hybridized carbons (Fsp3) is 0.250. The Morgan fingerprint density at radius 3 is 2.07 bits per heavy atom. The van der Waals surface area contributed by atoms with Gasteiger partial charge in [0.15, 0.2) is 0 Å². The lowest BCUT2D eigenvalue weighted by Gasteiger charge is -2.27. The van der Waals surface area contributed by atoms with E-state index in [0.29, 0.717) is 28.0 Å². The van der Waals surface area contributed by atoms with Crippen molar-refractivity contribution >= 4 is 26.9 Å². The highest BCUT2D eigenvalue weighted by Crippen LogP contribution is 2.30. The number of esters is 1. The van der Waals surface area contributed by atoms with Gasteiger partial charge in [0.05, 0.1) is 40.2 Å². The van der Waals surface area contributed by atoms with Crippen LogP contribution >= 0.6 is 0 Å². The molecule has 0 aliphatic heterocycles. The molecule has 1 atom stereocenters. The molecular formula is C36H37N3O5S. The van der Waals surface area contributed by atoms with Gasteiger partial charge in [0.25, 0.3) is 5.56 Å². The Labute approximate surface area is 264 Å². The van der Waals surface area contributed by atoms with E-state index < -0.39 is 22.0 Å². The maximum atomic E-state index is 14.3. The second-order valence-corrected chi connectivity index (χ2v) is 14.2. The molecule has 0 fully saturated rings. The summed E-state index contributed by atoms with van der Waals surface area (Å²) in [6.45, 7) is 9.91. The molecule has 0 bridgehead atoms. The summed E-state index contributed by atoms with van der Waals surface area (Å²) in [6, 6.07) is 25.9. The van der Waals surface area contributed by atoms with Gasteiger partial charge >= 0.3 is 5.97 Å². The minimum atomic E-state index is -3.93. The molecule has 0 N–H and O–H groups in total. The van der Waals surface area contributed by atoms with Crippen LogP contribution in [0.4, 0.5) is 0 Å². The van der Waals surface area contributed by atoms with Crippen molar-refractivity contribution in [2.45, 2.75) is 51.0 Å². The summed E-state index contributed by atoms with van der Waals surface area (Å²) in [5.74, 6) is -0.135. The lowest BCUT2D eigenvalue weighted by molar-refractivity contribution is 0.0600. The van der Waals surface area contributed by atoms with E-state index in [-0.39, 0.29) is 15.9 Å². The summed E-state index contributed by atoms with van der Waals surface area (Å²) in [5, 5.41) is 0.379. The van der Waals surface area contributed by atoms with E-state index in [1.165, 1.54) is 23.0 Å². The summed E-state index contributed by atoms with van der Waals surface area (Å²) in [4.78, 5) is 31.2. The second-order valence-electron chi connectivity index (χ2n) is 12.2. The van der Waals surface area contributed by atoms with Gasteiger partial charge < -0.3 is 4.74 Å². The standard InChI is InChI=1S/C36H37N3O5S/c1-23-8-17-29(18-9-23)39-33(24(2)38(6)45(42,43)30-19-15-28(16-20-30)36(3,4)5)37-32-21-14-27(22-31(32)34(39)40)25-10-12-26(13-11-25)35(41)44-7/h8-22,24H,1-7H3. The van der Waals surface area contributed by atoms with Crippen LogP contribution < -0.4 is 5.56 Å². The van der Waals surface area contributed by atoms with Gasteiger partial charge in [-0.2, -0.15) is 4.31 Å². The van der Waals surface area contributed by atoms with Gasteiger partial charge in [0.1, 0.15) is 5.82 Å². The third kappa shape index (κ3) is 6.18. The van der Waals surface area contributed by atoms with Gasteiger partial charge in [0.2, 0.25) is 10.0 Å². The Balaban J connectivity index is 1.62. The van der Waals surface area contributed by atoms with Crippen LogP contribution in [0.1, 0.15) is 61.0 Å². The number of carbonyl (C=O) groups is 1. The normalized spacial score (nSPS) is 12.8. The molecule has 0 saturated carbocycles. The van der Waals surface area contributed by atoms with Gasteiger partial charge in [-0.25, -0.2) is 18.2 Å². The number of ether oxygens (including phenoxy) is 1. The first kappa shape index (κ1) is 31.8. The molecule has 5 aromatic rings. The number of aromatic nitrogens is 2. The van der Waals surface area contributed by atoms with Gasteiger partial charge in [0, 0.05) is 7.05 Å². The van der Waals surface area contributed by atoms with E-state index in [9.17, 15) is 18.0 Å². The smallest absolute Gasteiger partial charge is 0.337 e. The highest BCUT2D eigenvalue weighted by Gasteiger charge is 2.30. The van der Waals surface area contributed by atoms with Crippen LogP contribution in [0, 0.1) is 6.92 Å². The maximum absolute atomic E-state index is 14.3. The molecule has 4 aromatic carbocycles. The highest BCUT2D eigenvalue weighted by atomic mass is 32.2. The first-order chi connectivity index (χ1) is 21.2. The molecule has 1 aromatic heterocycles. The van der Waals surface area contributed by atoms with Crippen molar-refractivity contribution in [2.24, 2.45) is 0 Å². The lowest BCUT2D eigenvalue weighted by Crippen LogP contribution is -2.35. The summed E-state index contributed by atoms with van der Waals surface area (Å²) in [7, 11) is -1.09. The molecule has 1 unspecified atom stereocenters. The van der Waals surface area contributed by atoms with E-state index >= 15 is 0 Å². The third-order valence-corrected chi connectivity index (χ3v) is 10.1. The fourth-order valence-corrected chi connectivity index (χ4v) is 6.51. The van der Waals surface area contributed by atoms with Crippen molar-refractivity contribution in [1.29, 1.82) is 0 Å². The van der Waals surface area contributed by atoms with Crippen molar-refractivity contribution < 1.29 is 17.9 Å². The van der Waals surface area contributed by atoms with Crippen molar-refractivity contribution in [3.05, 3.63) is 124 Å². The van der Waals surface area contributed by atoms with Crippen molar-refractivity contribution in [3.8, 4) is 16.8 Å². The van der Waals surface area contributed by atoms with E-state index in [2.05, 4.69) is 20.8 Å². The molecule has 0 saturated heterocycles. The average Bonchev–Trinajstić information content (AvgIpc) is 3.03. The first-order valence-electron chi connectivity index (χ1n) is 14.6. The molecule has 0 aliphatic rings. The SMILES string of the molecule is COC(=O)c1ccc(-c2ccc3nc(C(C)N(C)S(=O)(=O)c4ccc(C(C)(C)C)cc4)n(-c4ccc(C)cc4)c(=O)c3c2)cc1. The Morgan fingerprint density at radius 2 is 1.49 bits per heavy atom. The second kappa shape index (κ2) is 12.1. The third-order valence-electron chi connectivity index (χ3n) is 8.14. The number of benzene rings is 4. The van der Waals surface area contributed by atoms with Gasteiger partial charge in [-0.3, -0.25) is 9.36 Å². The molecule has 0 amide bonds. The number of aryl methyl sites for hydroxylation is 1. The maximum Gasteiger partial charge on any atom is 0.337 e. The Bertz CT molecular complexity index is 2040. The fourth-order valence-electron chi connectivity index (χ4n) is 5.19. The molecule has 1 heterocycles. The molecule has 9 heteroatoms. The van der Waals surface area contributed by atoms with Crippen LogP contribution in [-0.2, 0) is 20.2 Å². The van der Waals surface area contributed by atoms with E-state index in [0.717, 1.165) is 22.3 Å². The van der Waals surface area contributed by atoms with Crippen LogP contribution in [0.2, 0.25) is 0 Å². The topological polar surface area (TPSA) is 98.6 Å². The number of nitrogens with zero attached hydrogens (tertiary/aromatic N) is 3. The molecule has 5 rings (SSSR count). The molecule has 0 radical (unpaired) electrons. The number of sulfonamides is 1. The molecule has 45 heavy (non-hydrogen) atoms. The lowest BCUT2D eigenvalue weighted by atomic mass is 9.87. The minimum absolute atomic E-state index is 0.118. The zero-order valence-electron chi connectivity index (χ0n) is 26.5. The Morgan fingerprint density at radius 1 is 0.889 bits per heavy atom. The van der Waals surface area contributed by atoms with Gasteiger partial charge in [-0.1, -0.05) is 68.8 Å². The molecule has 0 spiro atoms. The van der Waals surface area contributed by atoms with Crippen molar-refractivity contribution in [2.75, 3.05) is 14.2 Å². The van der Waals surface area contributed by atoms with Crippen LogP contribution in [0.3, 0.4) is 0 Å². The van der Waals surface area contributed by atoms with Crippen molar-refractivity contribution in [1.82, 2.24) is 13.9 Å². The van der Waals surface area contributed by atoms with E-state index in [4.69, 9.17) is 9.72 Å². The number of hydrogen-bond acceptors (Lipinski definition) is 6. The largest absolute Gasteiger partial charge is 0.465 e. The quantitative estimate of drug-likeness (QED) is 0.184. The molecule has 0 aliphatic carbocycles. The van der Waals surface area contributed by atoms with E-state index in [1.54, 1.807) is 55.5 Å². The van der Waals surface area contributed by atoms with Crippen LogP contribution in [0.5, 0.6) is 0 Å². The van der Waals surface area contributed by atoms with Crippen molar-refractivity contribution in [3.63, 3.8) is 0 Å². The minimum Gasteiger partial charge on any atom is -0.465 e. The van der Waals surface area contributed by atoms with Crippen LogP contribution in [-0.4, -0.2) is 42.4 Å². The van der Waals surface area contributed by atoms with Gasteiger partial charge in [-0.05, 0) is 84.5 Å². The number of hydrogen-bond donors (Lipinski definition) is 0. The van der Waals surface area contributed by atoms with E-state index in [1.807, 2.05) is 49.4 Å². The molecule has 232 valence electrons. The van der Waals surface area contributed by atoms with Crippen LogP contribution in [0.15, 0.2) is 101 Å². The Hall–Kier alpha value is -4.60. The highest BCUT2D eigenvalue weighted by molar-refractivity contribution is 7.89.